The molecule has 3 aromatic rings. The highest BCUT2D eigenvalue weighted by Gasteiger charge is 2.29. The first-order valence-electron chi connectivity index (χ1n) is 7.75. The number of nitrogens with zero attached hydrogens (tertiary/aromatic N) is 3. The molecule has 0 bridgehead atoms. The predicted molar refractivity (Wildman–Crippen MR) is 85.9 cm³/mol. The summed E-state index contributed by atoms with van der Waals surface area (Å²) in [7, 11) is 0. The summed E-state index contributed by atoms with van der Waals surface area (Å²) in [5.41, 5.74) is 7.07. The highest BCUT2D eigenvalue weighted by Crippen LogP contribution is 2.25. The molecule has 3 heterocycles. The Morgan fingerprint density at radius 1 is 1.39 bits per heavy atom. The number of benzene rings is 1. The molecule has 1 saturated heterocycles. The average molecular weight is 310 g/mol. The number of carbonyl (C=O) groups excluding carboxylic acids is 1. The third-order valence-corrected chi connectivity index (χ3v) is 4.36. The van der Waals surface area contributed by atoms with Gasteiger partial charge in [-0.1, -0.05) is 18.2 Å². The number of hydrogen-bond donors (Lipinski definition) is 1. The molecule has 1 aliphatic rings. The van der Waals surface area contributed by atoms with Gasteiger partial charge in [0.15, 0.2) is 0 Å². The van der Waals surface area contributed by atoms with E-state index < -0.39 is 0 Å². The molecule has 2 N–H and O–H groups in total. The summed E-state index contributed by atoms with van der Waals surface area (Å²) in [5.74, 6) is 0.620. The lowest BCUT2D eigenvalue weighted by Crippen LogP contribution is -2.28. The minimum Gasteiger partial charge on any atom is -0.467 e. The van der Waals surface area contributed by atoms with E-state index in [1.165, 1.54) is 6.26 Å². The van der Waals surface area contributed by atoms with Crippen LogP contribution in [0.3, 0.4) is 0 Å². The standard InChI is InChI=1S/C17H18N4O2/c18-8-15-7-13(11-23-15)17(22)20-6-5-14(10-20)21-9-12-3-1-2-4-16(12)19-21/h1-4,7,9,11,14H,5-6,8,10,18H2. The second-order valence-electron chi connectivity index (χ2n) is 5.87. The van der Waals surface area contributed by atoms with Crippen molar-refractivity contribution < 1.29 is 9.21 Å². The number of rotatable bonds is 3. The normalized spacial score (nSPS) is 18.0. The van der Waals surface area contributed by atoms with Crippen LogP contribution in [0, 0.1) is 0 Å². The third kappa shape index (κ3) is 2.51. The highest BCUT2D eigenvalue weighted by molar-refractivity contribution is 5.94. The summed E-state index contributed by atoms with van der Waals surface area (Å²) < 4.78 is 7.24. The number of fused-ring (bicyclic) bond motifs is 1. The Labute approximate surface area is 133 Å². The summed E-state index contributed by atoms with van der Waals surface area (Å²) >= 11 is 0. The van der Waals surface area contributed by atoms with Crippen LogP contribution in [0.5, 0.6) is 0 Å². The Hall–Kier alpha value is -2.60. The van der Waals surface area contributed by atoms with Gasteiger partial charge in [0, 0.05) is 24.7 Å². The number of furan rings is 1. The molecule has 1 unspecified atom stereocenters. The molecule has 6 heteroatoms. The molecule has 1 fully saturated rings. The van der Waals surface area contributed by atoms with Gasteiger partial charge in [-0.2, -0.15) is 5.10 Å². The van der Waals surface area contributed by atoms with E-state index >= 15 is 0 Å². The first-order chi connectivity index (χ1) is 11.2. The van der Waals surface area contributed by atoms with Crippen molar-refractivity contribution in [3.05, 3.63) is 54.1 Å². The topological polar surface area (TPSA) is 77.3 Å². The molecule has 23 heavy (non-hydrogen) atoms. The Morgan fingerprint density at radius 2 is 2.26 bits per heavy atom. The molecular formula is C17H18N4O2. The molecule has 0 aliphatic carbocycles. The smallest absolute Gasteiger partial charge is 0.257 e. The van der Waals surface area contributed by atoms with Crippen LogP contribution in [0.4, 0.5) is 0 Å². The van der Waals surface area contributed by atoms with Gasteiger partial charge < -0.3 is 15.1 Å². The Kier molecular flexibility index (Phi) is 3.38. The SMILES string of the molecule is NCc1cc(C(=O)N2CCC(n3cc4ccccc4n3)C2)co1. The van der Waals surface area contributed by atoms with E-state index in [2.05, 4.69) is 17.4 Å². The molecule has 0 radical (unpaired) electrons. The maximum Gasteiger partial charge on any atom is 0.257 e. The van der Waals surface area contributed by atoms with Crippen LogP contribution in [0.25, 0.3) is 10.9 Å². The van der Waals surface area contributed by atoms with Crippen LogP contribution in [-0.4, -0.2) is 33.7 Å². The van der Waals surface area contributed by atoms with Crippen LogP contribution in [0.1, 0.15) is 28.6 Å². The van der Waals surface area contributed by atoms with Gasteiger partial charge >= 0.3 is 0 Å². The fraction of sp³-hybridized carbons (Fsp3) is 0.294. The quantitative estimate of drug-likeness (QED) is 0.804. The fourth-order valence-corrected chi connectivity index (χ4v) is 3.10. The number of aromatic nitrogens is 2. The van der Waals surface area contributed by atoms with E-state index in [0.29, 0.717) is 24.4 Å². The summed E-state index contributed by atoms with van der Waals surface area (Å²) in [4.78, 5) is 14.4. The number of carbonyl (C=O) groups is 1. The van der Waals surface area contributed by atoms with Gasteiger partial charge in [0.1, 0.15) is 12.0 Å². The number of nitrogens with two attached hydrogens (primary N) is 1. The first kappa shape index (κ1) is 14.0. The molecule has 1 atom stereocenters. The van der Waals surface area contributed by atoms with Crippen molar-refractivity contribution in [1.29, 1.82) is 0 Å². The fourth-order valence-electron chi connectivity index (χ4n) is 3.10. The zero-order valence-corrected chi connectivity index (χ0v) is 12.7. The molecule has 0 saturated carbocycles. The lowest BCUT2D eigenvalue weighted by Gasteiger charge is -2.15. The van der Waals surface area contributed by atoms with E-state index in [1.54, 1.807) is 6.07 Å². The largest absolute Gasteiger partial charge is 0.467 e. The maximum absolute atomic E-state index is 12.5. The van der Waals surface area contributed by atoms with Crippen molar-refractivity contribution in [3.8, 4) is 0 Å². The Bertz CT molecular complexity index is 818. The van der Waals surface area contributed by atoms with E-state index in [-0.39, 0.29) is 11.9 Å². The summed E-state index contributed by atoms with van der Waals surface area (Å²) in [6.07, 6.45) is 4.44. The van der Waals surface area contributed by atoms with E-state index in [1.807, 2.05) is 27.8 Å². The molecule has 1 aliphatic heterocycles. The lowest BCUT2D eigenvalue weighted by atomic mass is 10.2. The van der Waals surface area contributed by atoms with Crippen molar-refractivity contribution >= 4 is 16.8 Å². The van der Waals surface area contributed by atoms with Crippen molar-refractivity contribution in [2.24, 2.45) is 5.73 Å². The zero-order valence-electron chi connectivity index (χ0n) is 12.7. The van der Waals surface area contributed by atoms with Crippen molar-refractivity contribution in [3.63, 3.8) is 0 Å². The molecule has 1 aromatic carbocycles. The van der Waals surface area contributed by atoms with E-state index in [4.69, 9.17) is 10.2 Å². The second kappa shape index (κ2) is 5.55. The summed E-state index contributed by atoms with van der Waals surface area (Å²) in [6.45, 7) is 1.69. The van der Waals surface area contributed by atoms with Crippen molar-refractivity contribution in [2.75, 3.05) is 13.1 Å². The minimum absolute atomic E-state index is 0.00680. The molecule has 2 aromatic heterocycles. The zero-order chi connectivity index (χ0) is 15.8. The summed E-state index contributed by atoms with van der Waals surface area (Å²) in [6, 6.07) is 9.98. The maximum atomic E-state index is 12.5. The number of hydrogen-bond acceptors (Lipinski definition) is 4. The molecule has 118 valence electrons. The van der Waals surface area contributed by atoms with Gasteiger partial charge in [0.2, 0.25) is 0 Å². The highest BCUT2D eigenvalue weighted by atomic mass is 16.3. The van der Waals surface area contributed by atoms with Crippen LogP contribution < -0.4 is 5.73 Å². The van der Waals surface area contributed by atoms with Gasteiger partial charge in [0.05, 0.1) is 23.7 Å². The van der Waals surface area contributed by atoms with Crippen LogP contribution in [0.2, 0.25) is 0 Å². The summed E-state index contributed by atoms with van der Waals surface area (Å²) in [5, 5.41) is 5.75. The van der Waals surface area contributed by atoms with Crippen molar-refractivity contribution in [2.45, 2.75) is 19.0 Å². The molecular weight excluding hydrogens is 292 g/mol. The number of likely N-dealkylation sites (tertiary alicyclic amines) is 1. The Balaban J connectivity index is 1.51. The molecule has 6 nitrogen and oxygen atoms in total. The molecule has 1 amide bonds. The van der Waals surface area contributed by atoms with E-state index in [9.17, 15) is 4.79 Å². The van der Waals surface area contributed by atoms with E-state index in [0.717, 1.165) is 23.9 Å². The monoisotopic (exact) mass is 310 g/mol. The van der Waals surface area contributed by atoms with Crippen molar-refractivity contribution in [1.82, 2.24) is 14.7 Å². The Morgan fingerprint density at radius 3 is 3.04 bits per heavy atom. The van der Waals surface area contributed by atoms with Crippen LogP contribution >= 0.6 is 0 Å². The molecule has 0 spiro atoms. The lowest BCUT2D eigenvalue weighted by molar-refractivity contribution is 0.0786. The molecule has 4 rings (SSSR count). The van der Waals surface area contributed by atoms with Gasteiger partial charge in [-0.05, 0) is 18.6 Å². The van der Waals surface area contributed by atoms with Crippen LogP contribution in [-0.2, 0) is 6.54 Å². The number of amides is 1. The second-order valence-corrected chi connectivity index (χ2v) is 5.87. The van der Waals surface area contributed by atoms with Gasteiger partial charge in [-0.25, -0.2) is 0 Å². The average Bonchev–Trinajstić information content (AvgIpc) is 3.31. The van der Waals surface area contributed by atoms with Gasteiger partial charge in [-0.15, -0.1) is 0 Å². The van der Waals surface area contributed by atoms with Gasteiger partial charge in [0.25, 0.3) is 5.91 Å². The first-order valence-corrected chi connectivity index (χ1v) is 7.75. The third-order valence-electron chi connectivity index (χ3n) is 4.36. The minimum atomic E-state index is -0.00680. The van der Waals surface area contributed by atoms with Crippen LogP contribution in [0.15, 0.2) is 47.2 Å². The van der Waals surface area contributed by atoms with Gasteiger partial charge in [-0.3, -0.25) is 9.48 Å². The predicted octanol–water partition coefficient (Wildman–Crippen LogP) is 2.18.